The monoisotopic (exact) mass is 308 g/mol. The average Bonchev–Trinajstić information content (AvgIpc) is 2.43. The van der Waals surface area contributed by atoms with Crippen LogP contribution in [0.2, 0.25) is 0 Å². The van der Waals surface area contributed by atoms with Gasteiger partial charge in [-0.15, -0.1) is 0 Å². The summed E-state index contributed by atoms with van der Waals surface area (Å²) in [6.45, 7) is 8.38. The second-order valence-electron chi connectivity index (χ2n) is 6.63. The zero-order valence-electron chi connectivity index (χ0n) is 14.1. The van der Waals surface area contributed by atoms with E-state index in [2.05, 4.69) is 31.0 Å². The summed E-state index contributed by atoms with van der Waals surface area (Å²) in [6, 6.07) is 7.30. The van der Waals surface area contributed by atoms with Crippen LogP contribution in [0, 0.1) is 5.41 Å². The first-order valence-corrected chi connectivity index (χ1v) is 7.61. The molecule has 0 unspecified atom stereocenters. The first kappa shape index (κ1) is 18.5. The Hall–Kier alpha value is -1.59. The molecule has 0 fully saturated rings. The Kier molecular flexibility index (Phi) is 7.35. The molecule has 22 heavy (non-hydrogen) atoms. The van der Waals surface area contributed by atoms with E-state index in [1.807, 2.05) is 18.2 Å². The molecule has 2 N–H and O–H groups in total. The molecular weight excluding hydrogens is 280 g/mol. The van der Waals surface area contributed by atoms with Crippen LogP contribution in [-0.4, -0.2) is 49.3 Å². The molecule has 0 aliphatic rings. The number of amides is 1. The molecule has 0 aliphatic carbocycles. The van der Waals surface area contributed by atoms with Crippen molar-refractivity contribution >= 4 is 11.6 Å². The zero-order chi connectivity index (χ0) is 16.6. The van der Waals surface area contributed by atoms with Crippen molar-refractivity contribution in [2.45, 2.75) is 27.2 Å². The van der Waals surface area contributed by atoms with Gasteiger partial charge in [0.05, 0.1) is 13.7 Å². The van der Waals surface area contributed by atoms with Gasteiger partial charge in [0.25, 0.3) is 0 Å². The summed E-state index contributed by atoms with van der Waals surface area (Å²) >= 11 is 0. The Balaban J connectivity index is 2.61. The molecule has 5 heteroatoms. The first-order chi connectivity index (χ1) is 10.3. The van der Waals surface area contributed by atoms with Crippen LogP contribution < -0.4 is 10.1 Å². The van der Waals surface area contributed by atoms with Gasteiger partial charge in [-0.1, -0.05) is 26.8 Å². The van der Waals surface area contributed by atoms with E-state index < -0.39 is 0 Å². The number of aliphatic hydroxyl groups excluding tert-OH is 1. The van der Waals surface area contributed by atoms with Gasteiger partial charge >= 0.3 is 0 Å². The molecule has 0 atom stereocenters. The minimum absolute atomic E-state index is 0.0598. The summed E-state index contributed by atoms with van der Waals surface area (Å²) < 4.78 is 5.15. The summed E-state index contributed by atoms with van der Waals surface area (Å²) in [7, 11) is 1.60. The minimum Gasteiger partial charge on any atom is -0.497 e. The Morgan fingerprint density at radius 1 is 1.36 bits per heavy atom. The summed E-state index contributed by atoms with van der Waals surface area (Å²) in [6.07, 6.45) is 0.669. The molecule has 124 valence electrons. The third-order valence-corrected chi connectivity index (χ3v) is 3.05. The van der Waals surface area contributed by atoms with Gasteiger partial charge in [-0.3, -0.25) is 9.69 Å². The van der Waals surface area contributed by atoms with Crippen LogP contribution in [0.4, 0.5) is 5.69 Å². The second kappa shape index (κ2) is 8.76. The van der Waals surface area contributed by atoms with E-state index in [4.69, 9.17) is 9.84 Å². The third-order valence-electron chi connectivity index (χ3n) is 3.05. The maximum absolute atomic E-state index is 12.2. The number of hydrogen-bond acceptors (Lipinski definition) is 4. The molecule has 0 saturated carbocycles. The second-order valence-corrected chi connectivity index (χ2v) is 6.63. The van der Waals surface area contributed by atoms with Crippen molar-refractivity contribution < 1.29 is 14.6 Å². The van der Waals surface area contributed by atoms with Crippen LogP contribution in [-0.2, 0) is 4.79 Å². The Morgan fingerprint density at radius 3 is 2.68 bits per heavy atom. The zero-order valence-corrected chi connectivity index (χ0v) is 14.1. The van der Waals surface area contributed by atoms with Gasteiger partial charge in [-0.05, 0) is 24.0 Å². The fourth-order valence-corrected chi connectivity index (χ4v) is 2.28. The lowest BCUT2D eigenvalue weighted by molar-refractivity contribution is -0.117. The smallest absolute Gasteiger partial charge is 0.238 e. The van der Waals surface area contributed by atoms with Gasteiger partial charge < -0.3 is 15.2 Å². The van der Waals surface area contributed by atoms with Crippen molar-refractivity contribution in [1.82, 2.24) is 4.90 Å². The van der Waals surface area contributed by atoms with Gasteiger partial charge in [0.2, 0.25) is 5.91 Å². The van der Waals surface area contributed by atoms with E-state index in [1.54, 1.807) is 13.2 Å². The number of aliphatic hydroxyl groups is 1. The molecule has 0 aromatic heterocycles. The number of rotatable bonds is 8. The van der Waals surface area contributed by atoms with Crippen molar-refractivity contribution in [1.29, 1.82) is 0 Å². The standard InChI is InChI=1S/C17H28N2O3/c1-17(2,3)13-19(9-6-10-20)12-16(21)18-14-7-5-8-15(11-14)22-4/h5,7-8,11,20H,6,9-10,12-13H2,1-4H3,(H,18,21). The lowest BCUT2D eigenvalue weighted by Gasteiger charge is -2.29. The number of hydrogen-bond donors (Lipinski definition) is 2. The van der Waals surface area contributed by atoms with Crippen LogP contribution >= 0.6 is 0 Å². The van der Waals surface area contributed by atoms with Crippen LogP contribution in [0.3, 0.4) is 0 Å². The topological polar surface area (TPSA) is 61.8 Å². The van der Waals surface area contributed by atoms with Gasteiger partial charge in [-0.2, -0.15) is 0 Å². The lowest BCUT2D eigenvalue weighted by Crippen LogP contribution is -2.39. The quantitative estimate of drug-likeness (QED) is 0.774. The number of anilines is 1. The Labute approximate surface area is 133 Å². The summed E-state index contributed by atoms with van der Waals surface area (Å²) in [5.74, 6) is 0.653. The molecule has 1 aromatic carbocycles. The third kappa shape index (κ3) is 7.43. The van der Waals surface area contributed by atoms with Crippen molar-refractivity contribution in [3.63, 3.8) is 0 Å². The van der Waals surface area contributed by atoms with Crippen LogP contribution in [0.15, 0.2) is 24.3 Å². The Bertz CT molecular complexity index is 469. The molecule has 0 spiro atoms. The van der Waals surface area contributed by atoms with Crippen molar-refractivity contribution in [3.8, 4) is 5.75 Å². The van der Waals surface area contributed by atoms with E-state index in [1.165, 1.54) is 0 Å². The highest BCUT2D eigenvalue weighted by atomic mass is 16.5. The number of carbonyl (C=O) groups is 1. The van der Waals surface area contributed by atoms with Crippen LogP contribution in [0.25, 0.3) is 0 Å². The highest BCUT2D eigenvalue weighted by molar-refractivity contribution is 5.92. The lowest BCUT2D eigenvalue weighted by atomic mass is 9.96. The van der Waals surface area contributed by atoms with E-state index in [0.717, 1.165) is 12.2 Å². The number of nitrogens with zero attached hydrogens (tertiary/aromatic N) is 1. The SMILES string of the molecule is COc1cccc(NC(=O)CN(CCCO)CC(C)(C)C)c1. The number of nitrogens with one attached hydrogen (secondary N) is 1. The van der Waals surface area contributed by atoms with E-state index in [9.17, 15) is 4.79 Å². The highest BCUT2D eigenvalue weighted by Gasteiger charge is 2.18. The molecule has 0 radical (unpaired) electrons. The van der Waals surface area contributed by atoms with E-state index >= 15 is 0 Å². The summed E-state index contributed by atoms with van der Waals surface area (Å²) in [4.78, 5) is 14.3. The molecule has 0 saturated heterocycles. The van der Waals surface area contributed by atoms with Gasteiger partial charge in [0.1, 0.15) is 5.75 Å². The molecule has 0 bridgehead atoms. The summed E-state index contributed by atoms with van der Waals surface area (Å²) in [5.41, 5.74) is 0.827. The molecule has 1 amide bonds. The summed E-state index contributed by atoms with van der Waals surface area (Å²) in [5, 5.41) is 11.9. The number of ether oxygens (including phenoxy) is 1. The number of carbonyl (C=O) groups excluding carboxylic acids is 1. The molecule has 1 aromatic rings. The van der Waals surface area contributed by atoms with Gasteiger partial charge in [0.15, 0.2) is 0 Å². The fraction of sp³-hybridized carbons (Fsp3) is 0.588. The largest absolute Gasteiger partial charge is 0.497 e. The number of benzene rings is 1. The minimum atomic E-state index is -0.0598. The van der Waals surface area contributed by atoms with Crippen molar-refractivity contribution in [2.75, 3.05) is 38.7 Å². The molecule has 5 nitrogen and oxygen atoms in total. The average molecular weight is 308 g/mol. The fourth-order valence-electron chi connectivity index (χ4n) is 2.28. The van der Waals surface area contributed by atoms with E-state index in [-0.39, 0.29) is 17.9 Å². The van der Waals surface area contributed by atoms with Gasteiger partial charge in [-0.25, -0.2) is 0 Å². The molecular formula is C17H28N2O3. The van der Waals surface area contributed by atoms with Crippen LogP contribution in [0.5, 0.6) is 5.75 Å². The molecule has 0 heterocycles. The van der Waals surface area contributed by atoms with Crippen molar-refractivity contribution in [3.05, 3.63) is 24.3 Å². The predicted octanol–water partition coefficient (Wildman–Crippen LogP) is 2.36. The molecule has 1 rings (SSSR count). The highest BCUT2D eigenvalue weighted by Crippen LogP contribution is 2.18. The van der Waals surface area contributed by atoms with Crippen LogP contribution in [0.1, 0.15) is 27.2 Å². The maximum Gasteiger partial charge on any atom is 0.238 e. The number of methoxy groups -OCH3 is 1. The molecule has 0 aliphatic heterocycles. The maximum atomic E-state index is 12.2. The van der Waals surface area contributed by atoms with E-state index in [0.29, 0.717) is 25.3 Å². The first-order valence-electron chi connectivity index (χ1n) is 7.61. The van der Waals surface area contributed by atoms with Gasteiger partial charge in [0, 0.05) is 31.5 Å². The Morgan fingerprint density at radius 2 is 2.09 bits per heavy atom. The van der Waals surface area contributed by atoms with Crippen molar-refractivity contribution in [2.24, 2.45) is 5.41 Å². The normalized spacial score (nSPS) is 11.5. The predicted molar refractivity (Wildman–Crippen MR) is 89.2 cm³/mol.